The molecule has 2 aromatic carbocycles. The first kappa shape index (κ1) is 25.4. The van der Waals surface area contributed by atoms with Crippen LogP contribution in [0.15, 0.2) is 39.7 Å². The van der Waals surface area contributed by atoms with Gasteiger partial charge in [0, 0.05) is 22.6 Å². The molecule has 0 spiro atoms. The van der Waals surface area contributed by atoms with Crippen molar-refractivity contribution >= 4 is 34.5 Å². The molecule has 2 aromatic heterocycles. The van der Waals surface area contributed by atoms with Crippen molar-refractivity contribution in [3.63, 3.8) is 0 Å². The Hall–Kier alpha value is -3.71. The van der Waals surface area contributed by atoms with Crippen LogP contribution >= 0.6 is 11.6 Å². The SMILES string of the molecule is Cc1cc(C(C)Nc2cnc(Cl)nc2-c2ccc(O)c(C=O)c2C)c2oc(C(C)C)c(C)c(=O)c2c1. The number of carbonyl (C=O) groups is 1. The minimum atomic E-state index is -0.301. The Bertz CT molecular complexity index is 1560. The van der Waals surface area contributed by atoms with Gasteiger partial charge in [-0.1, -0.05) is 19.9 Å². The van der Waals surface area contributed by atoms with Crippen LogP contribution in [0.1, 0.15) is 71.1 Å². The number of aromatic hydroxyl groups is 1. The Balaban J connectivity index is 1.87. The fourth-order valence-electron chi connectivity index (χ4n) is 4.56. The second kappa shape index (κ2) is 9.74. The maximum Gasteiger partial charge on any atom is 0.223 e. The summed E-state index contributed by atoms with van der Waals surface area (Å²) in [6, 6.07) is 6.68. The molecule has 1 atom stereocenters. The van der Waals surface area contributed by atoms with Gasteiger partial charge in [0.2, 0.25) is 5.28 Å². The summed E-state index contributed by atoms with van der Waals surface area (Å²) in [5.41, 5.74) is 5.33. The number of fused-ring (bicyclic) bond motifs is 1. The molecule has 2 heterocycles. The van der Waals surface area contributed by atoms with Crippen LogP contribution in [0.5, 0.6) is 5.75 Å². The molecule has 186 valence electrons. The van der Waals surface area contributed by atoms with Crippen molar-refractivity contribution in [2.75, 3.05) is 5.32 Å². The van der Waals surface area contributed by atoms with Gasteiger partial charge in [0.1, 0.15) is 17.1 Å². The highest BCUT2D eigenvalue weighted by Crippen LogP contribution is 2.36. The maximum atomic E-state index is 13.2. The molecule has 0 saturated carbocycles. The van der Waals surface area contributed by atoms with Gasteiger partial charge in [0.15, 0.2) is 11.7 Å². The molecule has 4 rings (SSSR count). The number of hydrogen-bond donors (Lipinski definition) is 2. The highest BCUT2D eigenvalue weighted by Gasteiger charge is 2.21. The standard InChI is InChI=1S/C28H28ClN3O4/c1-13(2)26-16(5)25(35)20-10-14(3)9-19(27(20)36-26)17(6)31-22-11-30-28(29)32-24(22)18-7-8-23(34)21(12-33)15(18)4/h7-13,17,31,34H,1-6H3. The lowest BCUT2D eigenvalue weighted by molar-refractivity contribution is 0.112. The van der Waals surface area contributed by atoms with Crippen LogP contribution in [0.2, 0.25) is 5.28 Å². The summed E-state index contributed by atoms with van der Waals surface area (Å²) < 4.78 is 6.32. The predicted octanol–water partition coefficient (Wildman–Crippen LogP) is 6.64. The topological polar surface area (TPSA) is 105 Å². The fourth-order valence-corrected chi connectivity index (χ4v) is 4.69. The molecular weight excluding hydrogens is 478 g/mol. The Morgan fingerprint density at radius 3 is 2.50 bits per heavy atom. The van der Waals surface area contributed by atoms with Crippen LogP contribution in [0.3, 0.4) is 0 Å². The van der Waals surface area contributed by atoms with E-state index >= 15 is 0 Å². The van der Waals surface area contributed by atoms with E-state index in [-0.39, 0.29) is 34.0 Å². The Morgan fingerprint density at radius 1 is 1.11 bits per heavy atom. The number of aldehydes is 1. The lowest BCUT2D eigenvalue weighted by atomic mass is 9.97. The number of phenols is 1. The lowest BCUT2D eigenvalue weighted by Crippen LogP contribution is -2.14. The summed E-state index contributed by atoms with van der Waals surface area (Å²) in [7, 11) is 0. The van der Waals surface area contributed by atoms with Gasteiger partial charge in [0.25, 0.3) is 0 Å². The van der Waals surface area contributed by atoms with Gasteiger partial charge in [-0.3, -0.25) is 9.59 Å². The largest absolute Gasteiger partial charge is 0.507 e. The molecule has 7 nitrogen and oxygen atoms in total. The zero-order chi connectivity index (χ0) is 26.3. The molecule has 8 heteroatoms. The normalized spacial score (nSPS) is 12.2. The summed E-state index contributed by atoms with van der Waals surface area (Å²) >= 11 is 6.14. The third-order valence-electron chi connectivity index (χ3n) is 6.42. The van der Waals surface area contributed by atoms with Crippen molar-refractivity contribution in [1.29, 1.82) is 0 Å². The minimum absolute atomic E-state index is 0.0336. The van der Waals surface area contributed by atoms with E-state index in [9.17, 15) is 14.7 Å². The molecule has 4 aromatic rings. The summed E-state index contributed by atoms with van der Waals surface area (Å²) in [5.74, 6) is 0.619. The van der Waals surface area contributed by atoms with E-state index in [4.69, 9.17) is 16.0 Å². The Morgan fingerprint density at radius 2 is 1.83 bits per heavy atom. The van der Waals surface area contributed by atoms with Gasteiger partial charge < -0.3 is 14.8 Å². The number of aryl methyl sites for hydroxylation is 1. The third kappa shape index (κ3) is 4.46. The second-order valence-corrected chi connectivity index (χ2v) is 9.70. The number of hydrogen-bond acceptors (Lipinski definition) is 7. The zero-order valence-electron chi connectivity index (χ0n) is 21.1. The van der Waals surface area contributed by atoms with Crippen molar-refractivity contribution in [2.45, 2.75) is 53.5 Å². The molecule has 0 radical (unpaired) electrons. The summed E-state index contributed by atoms with van der Waals surface area (Å²) in [6.45, 7) is 11.4. The number of halogens is 1. The minimum Gasteiger partial charge on any atom is -0.507 e. The van der Waals surface area contributed by atoms with E-state index in [0.717, 1.165) is 11.1 Å². The van der Waals surface area contributed by atoms with Crippen molar-refractivity contribution in [3.8, 4) is 17.0 Å². The number of carbonyl (C=O) groups excluding carboxylic acids is 1. The van der Waals surface area contributed by atoms with E-state index in [2.05, 4.69) is 15.3 Å². The molecule has 0 amide bonds. The number of nitrogens with one attached hydrogen (secondary N) is 1. The van der Waals surface area contributed by atoms with E-state index in [0.29, 0.717) is 51.1 Å². The van der Waals surface area contributed by atoms with Crippen LogP contribution in [0, 0.1) is 20.8 Å². The van der Waals surface area contributed by atoms with E-state index in [1.165, 1.54) is 6.07 Å². The van der Waals surface area contributed by atoms with E-state index in [1.807, 2.05) is 39.8 Å². The molecule has 36 heavy (non-hydrogen) atoms. The van der Waals surface area contributed by atoms with Crippen molar-refractivity contribution < 1.29 is 14.3 Å². The first-order chi connectivity index (χ1) is 17.0. The van der Waals surface area contributed by atoms with Crippen molar-refractivity contribution in [2.24, 2.45) is 0 Å². The Kier molecular flexibility index (Phi) is 6.87. The fraction of sp³-hybridized carbons (Fsp3) is 0.286. The molecule has 0 aliphatic rings. The number of aromatic nitrogens is 2. The molecule has 0 bridgehead atoms. The summed E-state index contributed by atoms with van der Waals surface area (Å²) in [4.78, 5) is 33.3. The van der Waals surface area contributed by atoms with Gasteiger partial charge in [-0.15, -0.1) is 0 Å². The first-order valence-electron chi connectivity index (χ1n) is 11.7. The smallest absolute Gasteiger partial charge is 0.223 e. The highest BCUT2D eigenvalue weighted by molar-refractivity contribution is 6.28. The molecule has 0 saturated heterocycles. The van der Waals surface area contributed by atoms with Gasteiger partial charge in [-0.05, 0) is 68.6 Å². The highest BCUT2D eigenvalue weighted by atomic mass is 35.5. The van der Waals surface area contributed by atoms with Crippen LogP contribution in [0.25, 0.3) is 22.2 Å². The van der Waals surface area contributed by atoms with Crippen LogP contribution < -0.4 is 10.7 Å². The third-order valence-corrected chi connectivity index (χ3v) is 6.60. The average molecular weight is 506 g/mol. The number of anilines is 1. The number of nitrogens with zero attached hydrogens (tertiary/aromatic N) is 2. The first-order valence-corrected chi connectivity index (χ1v) is 12.1. The quantitative estimate of drug-likeness (QED) is 0.223. The van der Waals surface area contributed by atoms with E-state index < -0.39 is 0 Å². The van der Waals surface area contributed by atoms with Crippen molar-refractivity contribution in [3.05, 3.63) is 79.5 Å². The zero-order valence-corrected chi connectivity index (χ0v) is 21.8. The van der Waals surface area contributed by atoms with Crippen molar-refractivity contribution in [1.82, 2.24) is 9.97 Å². The number of rotatable bonds is 6. The van der Waals surface area contributed by atoms with Gasteiger partial charge in [-0.2, -0.15) is 0 Å². The Labute approximate surface area is 214 Å². The lowest BCUT2D eigenvalue weighted by Gasteiger charge is -2.21. The number of benzene rings is 2. The van der Waals surface area contributed by atoms with Crippen LogP contribution in [0.4, 0.5) is 5.69 Å². The van der Waals surface area contributed by atoms with Crippen LogP contribution in [-0.2, 0) is 0 Å². The molecule has 0 aliphatic heterocycles. The second-order valence-electron chi connectivity index (χ2n) is 9.36. The molecular formula is C28H28ClN3O4. The summed E-state index contributed by atoms with van der Waals surface area (Å²) in [5, 5.41) is 14.1. The maximum absolute atomic E-state index is 13.2. The molecule has 0 aliphatic carbocycles. The molecule has 0 fully saturated rings. The molecule has 1 unspecified atom stereocenters. The van der Waals surface area contributed by atoms with Gasteiger partial charge in [0.05, 0.1) is 34.6 Å². The molecule has 2 N–H and O–H groups in total. The monoisotopic (exact) mass is 505 g/mol. The van der Waals surface area contributed by atoms with Gasteiger partial charge in [-0.25, -0.2) is 9.97 Å². The van der Waals surface area contributed by atoms with Crippen LogP contribution in [-0.4, -0.2) is 21.4 Å². The van der Waals surface area contributed by atoms with E-state index in [1.54, 1.807) is 26.1 Å². The number of phenolic OH excluding ortho intramolecular Hbond substituents is 1. The van der Waals surface area contributed by atoms with Gasteiger partial charge >= 0.3 is 0 Å². The summed E-state index contributed by atoms with van der Waals surface area (Å²) in [6.07, 6.45) is 2.19. The average Bonchev–Trinajstić information content (AvgIpc) is 2.82. The predicted molar refractivity (Wildman–Crippen MR) is 142 cm³/mol.